The standard InChI is InChI=1S/C18H20O3/c1-12(2)15-6-5-13(3)17(11-15)21-18(19)14-7-9-16(20-4)10-8-14/h5-12H,1-4H3. The number of hydrogen-bond donors (Lipinski definition) is 0. The number of carbonyl (C=O) groups excluding carboxylic acids is 1. The summed E-state index contributed by atoms with van der Waals surface area (Å²) < 4.78 is 10.6. The Hall–Kier alpha value is -2.29. The topological polar surface area (TPSA) is 35.5 Å². The van der Waals surface area contributed by atoms with Crippen LogP contribution in [0.5, 0.6) is 11.5 Å². The van der Waals surface area contributed by atoms with Crippen molar-refractivity contribution in [2.75, 3.05) is 7.11 Å². The summed E-state index contributed by atoms with van der Waals surface area (Å²) in [6, 6.07) is 12.9. The van der Waals surface area contributed by atoms with Crippen molar-refractivity contribution in [1.29, 1.82) is 0 Å². The molecule has 0 heterocycles. The number of ether oxygens (including phenoxy) is 2. The summed E-state index contributed by atoms with van der Waals surface area (Å²) in [4.78, 5) is 12.2. The molecule has 0 saturated heterocycles. The smallest absolute Gasteiger partial charge is 0.343 e. The molecule has 2 rings (SSSR count). The third kappa shape index (κ3) is 3.63. The lowest BCUT2D eigenvalue weighted by atomic mass is 10.0. The van der Waals surface area contributed by atoms with E-state index in [1.54, 1.807) is 31.4 Å². The van der Waals surface area contributed by atoms with Crippen LogP contribution in [0, 0.1) is 6.92 Å². The molecule has 2 aromatic carbocycles. The summed E-state index contributed by atoms with van der Waals surface area (Å²) in [5.74, 6) is 1.36. The fraction of sp³-hybridized carbons (Fsp3) is 0.278. The SMILES string of the molecule is COc1ccc(C(=O)Oc2cc(C(C)C)ccc2C)cc1. The van der Waals surface area contributed by atoms with E-state index in [2.05, 4.69) is 19.9 Å². The number of rotatable bonds is 4. The van der Waals surface area contributed by atoms with Gasteiger partial charge in [0.1, 0.15) is 11.5 Å². The quantitative estimate of drug-likeness (QED) is 0.618. The predicted octanol–water partition coefficient (Wildman–Crippen LogP) is 4.35. The predicted molar refractivity (Wildman–Crippen MR) is 83.2 cm³/mol. The van der Waals surface area contributed by atoms with E-state index >= 15 is 0 Å². The van der Waals surface area contributed by atoms with Crippen molar-refractivity contribution in [2.24, 2.45) is 0 Å². The normalized spacial score (nSPS) is 10.5. The molecular formula is C18H20O3. The van der Waals surface area contributed by atoms with E-state index in [1.807, 2.05) is 19.1 Å². The molecule has 0 fully saturated rings. The zero-order valence-electron chi connectivity index (χ0n) is 12.8. The fourth-order valence-corrected chi connectivity index (χ4v) is 1.97. The first-order valence-corrected chi connectivity index (χ1v) is 6.98. The van der Waals surface area contributed by atoms with Gasteiger partial charge in [-0.15, -0.1) is 0 Å². The second-order valence-corrected chi connectivity index (χ2v) is 5.30. The molecule has 0 spiro atoms. The first kappa shape index (κ1) is 15.1. The molecule has 3 nitrogen and oxygen atoms in total. The zero-order valence-corrected chi connectivity index (χ0v) is 12.8. The summed E-state index contributed by atoms with van der Waals surface area (Å²) >= 11 is 0. The number of esters is 1. The Morgan fingerprint density at radius 2 is 1.71 bits per heavy atom. The number of benzene rings is 2. The highest BCUT2D eigenvalue weighted by Gasteiger charge is 2.12. The van der Waals surface area contributed by atoms with Crippen LogP contribution in [0.15, 0.2) is 42.5 Å². The van der Waals surface area contributed by atoms with Gasteiger partial charge in [-0.05, 0) is 54.3 Å². The van der Waals surface area contributed by atoms with Crippen LogP contribution in [0.25, 0.3) is 0 Å². The highest BCUT2D eigenvalue weighted by Crippen LogP contribution is 2.25. The van der Waals surface area contributed by atoms with Crippen molar-refractivity contribution in [3.63, 3.8) is 0 Å². The van der Waals surface area contributed by atoms with Crippen molar-refractivity contribution in [3.8, 4) is 11.5 Å². The van der Waals surface area contributed by atoms with Crippen LogP contribution in [0.4, 0.5) is 0 Å². The minimum atomic E-state index is -0.360. The van der Waals surface area contributed by atoms with Gasteiger partial charge in [0.25, 0.3) is 0 Å². The molecule has 2 aromatic rings. The summed E-state index contributed by atoms with van der Waals surface area (Å²) in [7, 11) is 1.59. The van der Waals surface area contributed by atoms with E-state index < -0.39 is 0 Å². The Bertz CT molecular complexity index is 627. The number of aryl methyl sites for hydroxylation is 1. The van der Waals surface area contributed by atoms with Gasteiger partial charge < -0.3 is 9.47 Å². The zero-order chi connectivity index (χ0) is 15.4. The summed E-state index contributed by atoms with van der Waals surface area (Å²) in [5.41, 5.74) is 2.60. The van der Waals surface area contributed by atoms with Crippen LogP contribution >= 0.6 is 0 Å². The van der Waals surface area contributed by atoms with Gasteiger partial charge in [-0.2, -0.15) is 0 Å². The van der Waals surface area contributed by atoms with E-state index in [0.29, 0.717) is 23.0 Å². The second-order valence-electron chi connectivity index (χ2n) is 5.30. The molecule has 0 saturated carbocycles. The Balaban J connectivity index is 2.20. The van der Waals surface area contributed by atoms with E-state index in [0.717, 1.165) is 11.1 Å². The molecule has 0 unspecified atom stereocenters. The maximum atomic E-state index is 12.2. The van der Waals surface area contributed by atoms with E-state index in [4.69, 9.17) is 9.47 Å². The van der Waals surface area contributed by atoms with Crippen molar-refractivity contribution in [3.05, 3.63) is 59.2 Å². The van der Waals surface area contributed by atoms with Gasteiger partial charge >= 0.3 is 5.97 Å². The monoisotopic (exact) mass is 284 g/mol. The van der Waals surface area contributed by atoms with E-state index in [1.165, 1.54) is 0 Å². The highest BCUT2D eigenvalue weighted by atomic mass is 16.5. The van der Waals surface area contributed by atoms with Crippen molar-refractivity contribution in [2.45, 2.75) is 26.7 Å². The molecule has 0 bridgehead atoms. The lowest BCUT2D eigenvalue weighted by Crippen LogP contribution is -2.09. The molecule has 0 aliphatic heterocycles. The Morgan fingerprint density at radius 1 is 1.05 bits per heavy atom. The highest BCUT2D eigenvalue weighted by molar-refractivity contribution is 5.91. The average molecular weight is 284 g/mol. The van der Waals surface area contributed by atoms with Crippen LogP contribution in [0.3, 0.4) is 0 Å². The van der Waals surface area contributed by atoms with E-state index in [-0.39, 0.29) is 5.97 Å². The van der Waals surface area contributed by atoms with Crippen LogP contribution in [-0.2, 0) is 0 Å². The second kappa shape index (κ2) is 6.44. The summed E-state index contributed by atoms with van der Waals surface area (Å²) in [6.45, 7) is 6.15. The maximum absolute atomic E-state index is 12.2. The lowest BCUT2D eigenvalue weighted by Gasteiger charge is -2.11. The minimum Gasteiger partial charge on any atom is -0.497 e. The third-order valence-electron chi connectivity index (χ3n) is 3.41. The van der Waals surface area contributed by atoms with Gasteiger partial charge in [0, 0.05) is 0 Å². The van der Waals surface area contributed by atoms with Crippen LogP contribution in [-0.4, -0.2) is 13.1 Å². The maximum Gasteiger partial charge on any atom is 0.343 e. The average Bonchev–Trinajstić information content (AvgIpc) is 2.49. The molecule has 0 atom stereocenters. The minimum absolute atomic E-state index is 0.360. The van der Waals surface area contributed by atoms with E-state index in [9.17, 15) is 4.79 Å². The first-order chi connectivity index (χ1) is 10.0. The Kier molecular flexibility index (Phi) is 4.63. The van der Waals surface area contributed by atoms with Gasteiger partial charge in [0.2, 0.25) is 0 Å². The molecule has 21 heavy (non-hydrogen) atoms. The fourth-order valence-electron chi connectivity index (χ4n) is 1.97. The van der Waals surface area contributed by atoms with Crippen LogP contribution in [0.1, 0.15) is 41.3 Å². The largest absolute Gasteiger partial charge is 0.497 e. The molecule has 0 N–H and O–H groups in total. The van der Waals surface area contributed by atoms with Gasteiger partial charge in [-0.25, -0.2) is 4.79 Å². The molecule has 0 amide bonds. The van der Waals surface area contributed by atoms with Crippen molar-refractivity contribution < 1.29 is 14.3 Å². The van der Waals surface area contributed by atoms with Crippen LogP contribution in [0.2, 0.25) is 0 Å². The molecule has 0 aliphatic carbocycles. The number of hydrogen-bond acceptors (Lipinski definition) is 3. The van der Waals surface area contributed by atoms with Crippen molar-refractivity contribution >= 4 is 5.97 Å². The third-order valence-corrected chi connectivity index (χ3v) is 3.41. The van der Waals surface area contributed by atoms with Gasteiger partial charge in [0.15, 0.2) is 0 Å². The van der Waals surface area contributed by atoms with Crippen molar-refractivity contribution in [1.82, 2.24) is 0 Å². The van der Waals surface area contributed by atoms with Gasteiger partial charge in [0.05, 0.1) is 12.7 Å². The summed E-state index contributed by atoms with van der Waals surface area (Å²) in [5, 5.41) is 0. The first-order valence-electron chi connectivity index (χ1n) is 6.98. The Labute approximate surface area is 125 Å². The molecule has 110 valence electrons. The molecular weight excluding hydrogens is 264 g/mol. The molecule has 0 radical (unpaired) electrons. The Morgan fingerprint density at radius 3 is 2.29 bits per heavy atom. The molecule has 3 heteroatoms. The number of methoxy groups -OCH3 is 1. The molecule has 0 aliphatic rings. The summed E-state index contributed by atoms with van der Waals surface area (Å²) in [6.07, 6.45) is 0. The van der Waals surface area contributed by atoms with Gasteiger partial charge in [-0.3, -0.25) is 0 Å². The lowest BCUT2D eigenvalue weighted by molar-refractivity contribution is 0.0733. The number of carbonyl (C=O) groups is 1. The molecule has 0 aromatic heterocycles. The van der Waals surface area contributed by atoms with Gasteiger partial charge in [-0.1, -0.05) is 26.0 Å². The van der Waals surface area contributed by atoms with Crippen LogP contribution < -0.4 is 9.47 Å².